The molecule has 2 unspecified atom stereocenters. The van der Waals surface area contributed by atoms with Crippen molar-refractivity contribution in [2.75, 3.05) is 0 Å². The number of aromatic nitrogens is 2. The van der Waals surface area contributed by atoms with Gasteiger partial charge in [-0.15, -0.1) is 0 Å². The largest absolute Gasteiger partial charge is 0.250 e. The average Bonchev–Trinajstić information content (AvgIpc) is 3.35. The molecule has 2 rings (SSSR count). The highest BCUT2D eigenvalue weighted by molar-refractivity contribution is 5.15. The fraction of sp³-hybridized carbons (Fsp3) is 0.700. The van der Waals surface area contributed by atoms with Gasteiger partial charge in [0, 0.05) is 5.92 Å². The maximum absolute atomic E-state index is 3.25. The van der Waals surface area contributed by atoms with Gasteiger partial charge in [-0.25, -0.2) is 4.57 Å². The third-order valence-electron chi connectivity index (χ3n) is 7.18. The minimum Gasteiger partial charge on any atom is -0.250 e. The topological polar surface area (TPSA) is 19.7 Å². The van der Waals surface area contributed by atoms with E-state index in [0.29, 0.717) is 12.0 Å². The van der Waals surface area contributed by atoms with Crippen LogP contribution in [0.15, 0.2) is 49.1 Å². The van der Waals surface area contributed by atoms with E-state index in [0.717, 1.165) is 0 Å². The highest BCUT2D eigenvalue weighted by Crippen LogP contribution is 2.27. The Morgan fingerprint density at radius 2 is 1.28 bits per heavy atom. The van der Waals surface area contributed by atoms with Gasteiger partial charge in [0.2, 0.25) is 6.33 Å². The lowest BCUT2D eigenvalue weighted by molar-refractivity contribution is -0.729. The normalized spacial score (nSPS) is 13.3. The van der Waals surface area contributed by atoms with Crippen LogP contribution in [-0.4, -0.2) is 4.98 Å². The zero-order chi connectivity index (χ0) is 22.7. The van der Waals surface area contributed by atoms with Crippen LogP contribution in [0.25, 0.3) is 0 Å². The van der Waals surface area contributed by atoms with Crippen molar-refractivity contribution >= 4 is 0 Å². The third kappa shape index (κ3) is 11.3. The van der Waals surface area contributed by atoms with Crippen LogP contribution in [0.3, 0.4) is 0 Å². The predicted octanol–water partition coefficient (Wildman–Crippen LogP) is 8.98. The second-order valence-electron chi connectivity index (χ2n) is 9.87. The maximum Gasteiger partial charge on any atom is 0.241 e. The van der Waals surface area contributed by atoms with Crippen molar-refractivity contribution in [1.29, 1.82) is 0 Å². The van der Waals surface area contributed by atoms with E-state index in [-0.39, 0.29) is 0 Å². The smallest absolute Gasteiger partial charge is 0.241 e. The third-order valence-corrected chi connectivity index (χ3v) is 7.18. The quantitative estimate of drug-likeness (QED) is 0.157. The lowest BCUT2D eigenvalue weighted by Crippen LogP contribution is -2.42. The Morgan fingerprint density at radius 1 is 0.719 bits per heavy atom. The molecule has 2 heteroatoms. The highest BCUT2D eigenvalue weighted by atomic mass is 15.1. The van der Waals surface area contributed by atoms with Crippen LogP contribution in [0.1, 0.15) is 128 Å². The Kier molecular flexibility index (Phi) is 14.9. The van der Waals surface area contributed by atoms with Gasteiger partial charge >= 0.3 is 0 Å². The molecule has 1 aromatic carbocycles. The number of benzene rings is 1. The number of imidazole rings is 1. The molecular weight excluding hydrogens is 388 g/mol. The molecule has 2 nitrogen and oxygen atoms in total. The van der Waals surface area contributed by atoms with Crippen molar-refractivity contribution in [3.05, 3.63) is 54.6 Å². The van der Waals surface area contributed by atoms with E-state index in [9.17, 15) is 0 Å². The minimum atomic E-state index is 0.587. The monoisotopic (exact) mass is 439 g/mol. The zero-order valence-corrected chi connectivity index (χ0v) is 21.2. The van der Waals surface area contributed by atoms with Crippen molar-refractivity contribution in [3.63, 3.8) is 0 Å². The van der Waals surface area contributed by atoms with Crippen molar-refractivity contribution in [1.82, 2.24) is 4.98 Å². The van der Waals surface area contributed by atoms with Gasteiger partial charge in [-0.05, 0) is 24.8 Å². The molecule has 0 radical (unpaired) electrons. The van der Waals surface area contributed by atoms with Crippen molar-refractivity contribution < 1.29 is 4.57 Å². The van der Waals surface area contributed by atoms with Crippen LogP contribution in [0.5, 0.6) is 0 Å². The lowest BCUT2D eigenvalue weighted by atomic mass is 9.86. The van der Waals surface area contributed by atoms with Crippen LogP contribution < -0.4 is 4.57 Å². The summed E-state index contributed by atoms with van der Waals surface area (Å²) in [6.45, 7) is 4.64. The summed E-state index contributed by atoms with van der Waals surface area (Å²) < 4.78 is 2.40. The summed E-state index contributed by atoms with van der Waals surface area (Å²) in [5.74, 6) is 0.709. The molecular formula is C30H51N2+. The number of hydrogen-bond donors (Lipinski definition) is 1. The summed E-state index contributed by atoms with van der Waals surface area (Å²) in [6, 6.07) is 11.7. The van der Waals surface area contributed by atoms with E-state index < -0.39 is 0 Å². The van der Waals surface area contributed by atoms with E-state index in [1.54, 1.807) is 0 Å². The molecule has 1 heterocycles. The van der Waals surface area contributed by atoms with E-state index in [1.165, 1.54) is 115 Å². The number of aromatic amines is 1. The molecule has 0 fully saturated rings. The molecule has 32 heavy (non-hydrogen) atoms. The molecule has 1 N–H and O–H groups in total. The summed E-state index contributed by atoms with van der Waals surface area (Å²) in [5, 5.41) is 0. The van der Waals surface area contributed by atoms with Crippen LogP contribution in [0, 0.1) is 5.92 Å². The first-order chi connectivity index (χ1) is 15.8. The van der Waals surface area contributed by atoms with Crippen molar-refractivity contribution in [2.45, 2.75) is 129 Å². The maximum atomic E-state index is 3.25. The van der Waals surface area contributed by atoms with Gasteiger partial charge in [0.25, 0.3) is 0 Å². The number of nitrogens with one attached hydrogen (secondary N) is 1. The standard InChI is InChI=1S/C30H50N2/c1-3-5-6-7-8-9-10-11-12-13-14-15-16-20-23-29(26-28-21-18-17-19-22-28)30(4-2)32-25-24-31-27-32/h17-19,21-22,24-25,27,29-30H,3-16,20,23,26H2,1-2H3/p+1. The molecule has 0 bridgehead atoms. The van der Waals surface area contributed by atoms with Gasteiger partial charge in [0.1, 0.15) is 18.4 Å². The Morgan fingerprint density at radius 3 is 1.78 bits per heavy atom. The van der Waals surface area contributed by atoms with Gasteiger partial charge in [0.15, 0.2) is 0 Å². The van der Waals surface area contributed by atoms with Gasteiger partial charge in [-0.1, -0.05) is 134 Å². The van der Waals surface area contributed by atoms with Crippen LogP contribution in [-0.2, 0) is 6.42 Å². The average molecular weight is 440 g/mol. The first-order valence-electron chi connectivity index (χ1n) is 13.9. The second-order valence-corrected chi connectivity index (χ2v) is 9.87. The molecule has 180 valence electrons. The molecule has 0 aliphatic heterocycles. The number of nitrogens with zero attached hydrogens (tertiary/aromatic N) is 1. The SMILES string of the molecule is CCCCCCCCCCCCCCCCC(Cc1ccccc1)C(CC)[n+]1cc[nH]c1. The van der Waals surface area contributed by atoms with E-state index in [1.807, 2.05) is 0 Å². The first kappa shape index (κ1) is 26.7. The molecule has 0 amide bonds. The Bertz CT molecular complexity index is 634. The fourth-order valence-electron chi connectivity index (χ4n) is 5.24. The number of unbranched alkanes of at least 4 members (excludes halogenated alkanes) is 13. The summed E-state index contributed by atoms with van der Waals surface area (Å²) in [5.41, 5.74) is 1.48. The van der Waals surface area contributed by atoms with Gasteiger partial charge in [-0.2, -0.15) is 0 Å². The lowest BCUT2D eigenvalue weighted by Gasteiger charge is -2.24. The second kappa shape index (κ2) is 17.9. The van der Waals surface area contributed by atoms with Crippen LogP contribution in [0.4, 0.5) is 0 Å². The summed E-state index contributed by atoms with van der Waals surface area (Å²) in [4.78, 5) is 3.25. The van der Waals surface area contributed by atoms with Gasteiger partial charge in [0.05, 0.1) is 0 Å². The summed E-state index contributed by atoms with van der Waals surface area (Å²) in [7, 11) is 0. The molecule has 0 aliphatic rings. The van der Waals surface area contributed by atoms with Crippen molar-refractivity contribution in [3.8, 4) is 0 Å². The van der Waals surface area contributed by atoms with Crippen LogP contribution in [0.2, 0.25) is 0 Å². The van der Waals surface area contributed by atoms with E-state index in [4.69, 9.17) is 0 Å². The zero-order valence-electron chi connectivity index (χ0n) is 21.2. The molecule has 2 aromatic rings. The van der Waals surface area contributed by atoms with Crippen molar-refractivity contribution in [2.24, 2.45) is 5.92 Å². The Hall–Kier alpha value is -1.57. The Labute approximate surface area is 199 Å². The molecule has 0 aliphatic carbocycles. The van der Waals surface area contributed by atoms with Gasteiger partial charge in [-0.3, -0.25) is 4.98 Å². The molecule has 0 saturated heterocycles. The summed E-state index contributed by atoms with van der Waals surface area (Å²) in [6.07, 6.45) is 30.2. The Balaban J connectivity index is 1.59. The molecule has 0 spiro atoms. The molecule has 0 saturated carbocycles. The van der Waals surface area contributed by atoms with E-state index >= 15 is 0 Å². The molecule has 1 aromatic heterocycles. The van der Waals surface area contributed by atoms with Crippen LogP contribution >= 0.6 is 0 Å². The number of hydrogen-bond acceptors (Lipinski definition) is 0. The highest BCUT2D eigenvalue weighted by Gasteiger charge is 2.25. The summed E-state index contributed by atoms with van der Waals surface area (Å²) >= 11 is 0. The number of rotatable bonds is 20. The predicted molar refractivity (Wildman–Crippen MR) is 139 cm³/mol. The fourth-order valence-corrected chi connectivity index (χ4v) is 5.24. The molecule has 2 atom stereocenters. The minimum absolute atomic E-state index is 0.587. The first-order valence-corrected chi connectivity index (χ1v) is 13.9. The van der Waals surface area contributed by atoms with E-state index in [2.05, 4.69) is 72.5 Å². The van der Waals surface area contributed by atoms with Gasteiger partial charge < -0.3 is 0 Å². The number of H-pyrrole nitrogens is 1.